The Morgan fingerprint density at radius 2 is 1.77 bits per heavy atom. The second-order valence-corrected chi connectivity index (χ2v) is 3.39. The normalized spacial score (nSPS) is 10.5. The van der Waals surface area contributed by atoms with E-state index in [1.165, 1.54) is 5.69 Å². The summed E-state index contributed by atoms with van der Waals surface area (Å²) in [6.45, 7) is 4.03. The third kappa shape index (κ3) is 7.44. The molecule has 7 heteroatoms. The molecule has 0 aliphatic rings. The summed E-state index contributed by atoms with van der Waals surface area (Å²) in [6.07, 6.45) is 0. The Morgan fingerprint density at radius 3 is 1.85 bits per heavy atom. The lowest BCUT2D eigenvalue weighted by Gasteiger charge is -1.87. The van der Waals surface area contributed by atoms with Gasteiger partial charge in [-0.3, -0.25) is 13.8 Å². The third-order valence-electron chi connectivity index (χ3n) is 1.24. The van der Waals surface area contributed by atoms with Gasteiger partial charge in [-0.2, -0.15) is 13.5 Å². The number of hydrogen-bond donors (Lipinski definition) is 2. The fourth-order valence-corrected chi connectivity index (χ4v) is 0.740. The summed E-state index contributed by atoms with van der Waals surface area (Å²) >= 11 is 0. The van der Waals surface area contributed by atoms with E-state index < -0.39 is 10.4 Å². The largest absolute Gasteiger partial charge is 0.394 e. The van der Waals surface area contributed by atoms with Crippen molar-refractivity contribution < 1.29 is 17.5 Å². The van der Waals surface area contributed by atoms with E-state index in [-0.39, 0.29) is 0 Å². The Labute approximate surface area is 76.8 Å². The first kappa shape index (κ1) is 12.1. The first-order valence-corrected chi connectivity index (χ1v) is 4.77. The first-order valence-electron chi connectivity index (χ1n) is 3.37. The summed E-state index contributed by atoms with van der Waals surface area (Å²) in [6, 6.07) is 2.06. The second kappa shape index (κ2) is 4.35. The van der Waals surface area contributed by atoms with Crippen molar-refractivity contribution in [2.24, 2.45) is 7.05 Å². The number of hydrogen-bond acceptors (Lipinski definition) is 3. The molecule has 0 spiro atoms. The zero-order valence-corrected chi connectivity index (χ0v) is 8.41. The van der Waals surface area contributed by atoms with E-state index in [0.29, 0.717) is 0 Å². The number of nitrogens with zero attached hydrogens (tertiary/aromatic N) is 2. The van der Waals surface area contributed by atoms with Gasteiger partial charge in [0.1, 0.15) is 0 Å². The van der Waals surface area contributed by atoms with Crippen LogP contribution in [0.25, 0.3) is 0 Å². The molecule has 6 nitrogen and oxygen atoms in total. The van der Waals surface area contributed by atoms with Gasteiger partial charge in [-0.05, 0) is 19.9 Å². The SMILES string of the molecule is Cc1cc(C)n(C)n1.O=S(=O)(O)O. The predicted molar refractivity (Wildman–Crippen MR) is 46.9 cm³/mol. The van der Waals surface area contributed by atoms with Gasteiger partial charge in [-0.15, -0.1) is 0 Å². The Morgan fingerprint density at radius 1 is 1.38 bits per heavy atom. The van der Waals surface area contributed by atoms with Crippen molar-refractivity contribution in [2.45, 2.75) is 13.8 Å². The third-order valence-corrected chi connectivity index (χ3v) is 1.24. The standard InChI is InChI=1S/C6H10N2.H2O4S/c1-5-4-6(2)8(3)7-5;1-5(2,3)4/h4H,1-3H3;(H2,1,2,3,4). The molecule has 0 unspecified atom stereocenters. The molecule has 1 aromatic heterocycles. The average Bonchev–Trinajstić information content (AvgIpc) is 2.05. The van der Waals surface area contributed by atoms with Gasteiger partial charge in [0.15, 0.2) is 0 Å². The summed E-state index contributed by atoms with van der Waals surface area (Å²) in [5.41, 5.74) is 2.30. The van der Waals surface area contributed by atoms with Crippen molar-refractivity contribution in [1.29, 1.82) is 0 Å². The Kier molecular flexibility index (Phi) is 4.05. The van der Waals surface area contributed by atoms with E-state index in [1.54, 1.807) is 0 Å². The molecule has 0 bridgehead atoms. The smallest absolute Gasteiger partial charge is 0.273 e. The maximum atomic E-state index is 8.74. The molecule has 0 saturated heterocycles. The van der Waals surface area contributed by atoms with Crippen LogP contribution in [0.1, 0.15) is 11.4 Å². The van der Waals surface area contributed by atoms with Crippen LogP contribution in [0.2, 0.25) is 0 Å². The molecule has 0 radical (unpaired) electrons. The molecule has 0 aliphatic carbocycles. The maximum Gasteiger partial charge on any atom is 0.394 e. The van der Waals surface area contributed by atoms with Crippen molar-refractivity contribution in [1.82, 2.24) is 9.78 Å². The molecule has 0 aromatic carbocycles. The maximum absolute atomic E-state index is 8.74. The molecule has 0 atom stereocenters. The number of aromatic nitrogens is 2. The monoisotopic (exact) mass is 208 g/mol. The van der Waals surface area contributed by atoms with Gasteiger partial charge in [0, 0.05) is 12.7 Å². The minimum atomic E-state index is -4.67. The van der Waals surface area contributed by atoms with Crippen LogP contribution in [0.3, 0.4) is 0 Å². The first-order chi connectivity index (χ1) is 5.70. The van der Waals surface area contributed by atoms with Gasteiger partial charge in [-0.25, -0.2) is 0 Å². The van der Waals surface area contributed by atoms with E-state index in [1.807, 2.05) is 25.6 Å². The van der Waals surface area contributed by atoms with Crippen LogP contribution in [0.15, 0.2) is 6.07 Å². The molecule has 0 aliphatic heterocycles. The van der Waals surface area contributed by atoms with Gasteiger partial charge >= 0.3 is 10.4 Å². The van der Waals surface area contributed by atoms with Crippen LogP contribution in [0.5, 0.6) is 0 Å². The van der Waals surface area contributed by atoms with Crippen LogP contribution in [0, 0.1) is 13.8 Å². The molecule has 0 fully saturated rings. The minimum absolute atomic E-state index is 1.09. The lowest BCUT2D eigenvalue weighted by Crippen LogP contribution is -1.91. The van der Waals surface area contributed by atoms with Gasteiger partial charge in [0.05, 0.1) is 5.69 Å². The predicted octanol–water partition coefficient (Wildman–Crippen LogP) is 0.384. The summed E-state index contributed by atoms with van der Waals surface area (Å²) in [5.74, 6) is 0. The van der Waals surface area contributed by atoms with E-state index >= 15 is 0 Å². The van der Waals surface area contributed by atoms with Crippen molar-refractivity contribution in [3.63, 3.8) is 0 Å². The highest BCUT2D eigenvalue weighted by Gasteiger charge is 1.91. The molecule has 2 N–H and O–H groups in total. The molecular formula is C6H12N2O4S. The molecule has 1 rings (SSSR count). The summed E-state index contributed by atoms with van der Waals surface area (Å²) in [5, 5.41) is 4.13. The van der Waals surface area contributed by atoms with Crippen molar-refractivity contribution in [3.8, 4) is 0 Å². The van der Waals surface area contributed by atoms with Crippen LogP contribution < -0.4 is 0 Å². The fraction of sp³-hybridized carbons (Fsp3) is 0.500. The van der Waals surface area contributed by atoms with E-state index in [0.717, 1.165) is 5.69 Å². The summed E-state index contributed by atoms with van der Waals surface area (Å²) < 4.78 is 33.5. The van der Waals surface area contributed by atoms with E-state index in [9.17, 15) is 0 Å². The molecular weight excluding hydrogens is 196 g/mol. The number of aryl methyl sites for hydroxylation is 3. The van der Waals surface area contributed by atoms with Gasteiger partial charge < -0.3 is 0 Å². The zero-order chi connectivity index (χ0) is 10.6. The summed E-state index contributed by atoms with van der Waals surface area (Å²) in [4.78, 5) is 0. The number of rotatable bonds is 0. The Bertz CT molecular complexity index is 340. The lowest BCUT2D eigenvalue weighted by molar-refractivity contribution is 0.381. The van der Waals surface area contributed by atoms with Gasteiger partial charge in [0.25, 0.3) is 0 Å². The highest BCUT2D eigenvalue weighted by atomic mass is 32.3. The van der Waals surface area contributed by atoms with E-state index in [2.05, 4.69) is 11.2 Å². The summed E-state index contributed by atoms with van der Waals surface area (Å²) in [7, 11) is -2.72. The molecule has 76 valence electrons. The molecule has 0 saturated carbocycles. The molecule has 1 aromatic rings. The zero-order valence-electron chi connectivity index (χ0n) is 7.59. The lowest BCUT2D eigenvalue weighted by atomic mass is 10.4. The molecule has 0 amide bonds. The average molecular weight is 208 g/mol. The fourth-order valence-electron chi connectivity index (χ4n) is 0.740. The highest BCUT2D eigenvalue weighted by molar-refractivity contribution is 7.79. The van der Waals surface area contributed by atoms with E-state index in [4.69, 9.17) is 17.5 Å². The van der Waals surface area contributed by atoms with Crippen molar-refractivity contribution in [2.75, 3.05) is 0 Å². The van der Waals surface area contributed by atoms with Crippen molar-refractivity contribution in [3.05, 3.63) is 17.5 Å². The van der Waals surface area contributed by atoms with Gasteiger partial charge in [0.2, 0.25) is 0 Å². The highest BCUT2D eigenvalue weighted by Crippen LogP contribution is 1.97. The van der Waals surface area contributed by atoms with Gasteiger partial charge in [-0.1, -0.05) is 0 Å². The Balaban J connectivity index is 0.000000252. The molecule has 1 heterocycles. The van der Waals surface area contributed by atoms with Crippen LogP contribution >= 0.6 is 0 Å². The minimum Gasteiger partial charge on any atom is -0.273 e. The van der Waals surface area contributed by atoms with Crippen molar-refractivity contribution >= 4 is 10.4 Å². The topological polar surface area (TPSA) is 92.4 Å². The second-order valence-electron chi connectivity index (χ2n) is 2.50. The Hall–Kier alpha value is -0.920. The van der Waals surface area contributed by atoms with Crippen LogP contribution in [-0.4, -0.2) is 27.3 Å². The van der Waals surface area contributed by atoms with Crippen LogP contribution in [0.4, 0.5) is 0 Å². The van der Waals surface area contributed by atoms with Crippen LogP contribution in [-0.2, 0) is 17.4 Å². The quantitative estimate of drug-likeness (QED) is 0.601. The molecule has 13 heavy (non-hydrogen) atoms.